The van der Waals surface area contributed by atoms with Crippen molar-refractivity contribution in [1.82, 2.24) is 15.1 Å². The van der Waals surface area contributed by atoms with E-state index in [9.17, 15) is 4.79 Å². The van der Waals surface area contributed by atoms with E-state index in [1.165, 1.54) is 18.5 Å². The number of likely N-dealkylation sites (N-methyl/N-ethyl adjacent to an activating group) is 1. The van der Waals surface area contributed by atoms with Gasteiger partial charge in [-0.15, -0.1) is 0 Å². The third-order valence-corrected chi connectivity index (χ3v) is 5.05. The van der Waals surface area contributed by atoms with Crippen LogP contribution in [0.4, 0.5) is 0 Å². The number of amides is 1. The van der Waals surface area contributed by atoms with Crippen LogP contribution in [0.25, 0.3) is 0 Å². The summed E-state index contributed by atoms with van der Waals surface area (Å²) in [5.41, 5.74) is 1.27. The molecule has 1 aliphatic carbocycles. The second-order valence-corrected chi connectivity index (χ2v) is 6.45. The third kappa shape index (κ3) is 2.91. The average Bonchev–Trinajstić information content (AvgIpc) is 3.01. The molecule has 0 bridgehead atoms. The molecule has 0 saturated carbocycles. The molecule has 0 aromatic rings. The van der Waals surface area contributed by atoms with E-state index >= 15 is 0 Å². The minimum Gasteiger partial charge on any atom is -0.316 e. The van der Waals surface area contributed by atoms with Crippen molar-refractivity contribution in [1.29, 1.82) is 0 Å². The average molecular weight is 277 g/mol. The summed E-state index contributed by atoms with van der Waals surface area (Å²) in [4.78, 5) is 17.0. The number of hydrogen-bond donors (Lipinski definition) is 1. The van der Waals surface area contributed by atoms with Crippen LogP contribution in [-0.4, -0.2) is 55.0 Å². The molecule has 3 rings (SSSR count). The Labute approximate surface area is 122 Å². The predicted molar refractivity (Wildman–Crippen MR) is 80.2 cm³/mol. The van der Waals surface area contributed by atoms with Crippen LogP contribution in [0.2, 0.25) is 0 Å². The molecular weight excluding hydrogens is 250 g/mol. The molecule has 1 N–H and O–H groups in total. The van der Waals surface area contributed by atoms with Gasteiger partial charge in [-0.2, -0.15) is 0 Å². The van der Waals surface area contributed by atoms with Crippen LogP contribution in [0.5, 0.6) is 0 Å². The SMILES string of the molecule is CCN(C(=O)CN1CC2CNCC2C1)C1=CCCCC1. The van der Waals surface area contributed by atoms with Crippen molar-refractivity contribution in [3.63, 3.8) is 0 Å². The largest absolute Gasteiger partial charge is 0.316 e. The van der Waals surface area contributed by atoms with Crippen molar-refractivity contribution in [3.8, 4) is 0 Å². The van der Waals surface area contributed by atoms with Crippen LogP contribution < -0.4 is 5.32 Å². The fourth-order valence-corrected chi connectivity index (χ4v) is 3.96. The highest BCUT2D eigenvalue weighted by atomic mass is 16.2. The fraction of sp³-hybridized carbons (Fsp3) is 0.812. The van der Waals surface area contributed by atoms with Gasteiger partial charge in [-0.25, -0.2) is 0 Å². The van der Waals surface area contributed by atoms with Crippen LogP contribution >= 0.6 is 0 Å². The minimum atomic E-state index is 0.300. The molecular formula is C16H27N3O. The zero-order chi connectivity index (χ0) is 13.9. The minimum absolute atomic E-state index is 0.300. The Balaban J connectivity index is 1.56. The van der Waals surface area contributed by atoms with Gasteiger partial charge in [0.15, 0.2) is 0 Å². The normalized spacial score (nSPS) is 30.1. The molecule has 4 nitrogen and oxygen atoms in total. The topological polar surface area (TPSA) is 35.6 Å². The number of rotatable bonds is 4. The summed E-state index contributed by atoms with van der Waals surface area (Å²) in [7, 11) is 0. The zero-order valence-corrected chi connectivity index (χ0v) is 12.6. The number of nitrogens with one attached hydrogen (secondary N) is 1. The van der Waals surface area contributed by atoms with Crippen molar-refractivity contribution in [2.24, 2.45) is 11.8 Å². The van der Waals surface area contributed by atoms with Crippen LogP contribution in [0.3, 0.4) is 0 Å². The molecule has 2 heterocycles. The standard InChI is InChI=1S/C16H27N3O/c1-2-19(15-6-4-3-5-7-15)16(20)12-18-10-13-8-17-9-14(13)11-18/h6,13-14,17H,2-5,7-12H2,1H3. The summed E-state index contributed by atoms with van der Waals surface area (Å²) in [5, 5.41) is 3.45. The summed E-state index contributed by atoms with van der Waals surface area (Å²) < 4.78 is 0. The molecule has 0 radical (unpaired) electrons. The lowest BCUT2D eigenvalue weighted by Crippen LogP contribution is -2.40. The van der Waals surface area contributed by atoms with Crippen LogP contribution in [0.1, 0.15) is 32.6 Å². The number of hydrogen-bond acceptors (Lipinski definition) is 3. The van der Waals surface area contributed by atoms with E-state index in [1.807, 2.05) is 4.90 Å². The van der Waals surface area contributed by atoms with Gasteiger partial charge < -0.3 is 10.2 Å². The Kier molecular flexibility index (Phi) is 4.41. The Morgan fingerprint density at radius 1 is 1.35 bits per heavy atom. The maximum absolute atomic E-state index is 12.6. The van der Waals surface area contributed by atoms with Crippen LogP contribution in [0, 0.1) is 11.8 Å². The fourth-order valence-electron chi connectivity index (χ4n) is 3.96. The summed E-state index contributed by atoms with van der Waals surface area (Å²) in [5.74, 6) is 1.84. The van der Waals surface area contributed by atoms with Gasteiger partial charge in [-0.05, 0) is 57.5 Å². The highest BCUT2D eigenvalue weighted by Gasteiger charge is 2.37. The summed E-state index contributed by atoms with van der Waals surface area (Å²) in [6, 6.07) is 0. The number of allylic oxidation sites excluding steroid dienone is 2. The van der Waals surface area contributed by atoms with E-state index in [4.69, 9.17) is 0 Å². The molecule has 2 unspecified atom stereocenters. The van der Waals surface area contributed by atoms with Crippen molar-refractivity contribution in [2.45, 2.75) is 32.6 Å². The van der Waals surface area contributed by atoms with E-state index in [0.29, 0.717) is 12.5 Å². The lowest BCUT2D eigenvalue weighted by molar-refractivity contribution is -0.130. The molecule has 0 aromatic carbocycles. The molecule has 2 atom stereocenters. The highest BCUT2D eigenvalue weighted by molar-refractivity contribution is 5.80. The van der Waals surface area contributed by atoms with Crippen molar-refractivity contribution in [2.75, 3.05) is 39.3 Å². The predicted octanol–water partition coefficient (Wildman–Crippen LogP) is 1.44. The Hall–Kier alpha value is -0.870. The van der Waals surface area contributed by atoms with Crippen LogP contribution in [-0.2, 0) is 4.79 Å². The summed E-state index contributed by atoms with van der Waals surface area (Å²) in [6.07, 6.45) is 6.99. The lowest BCUT2D eigenvalue weighted by Gasteiger charge is -2.28. The monoisotopic (exact) mass is 277 g/mol. The van der Waals surface area contributed by atoms with Gasteiger partial charge in [0.2, 0.25) is 5.91 Å². The van der Waals surface area contributed by atoms with Crippen LogP contribution in [0.15, 0.2) is 11.8 Å². The first-order valence-electron chi connectivity index (χ1n) is 8.20. The van der Waals surface area contributed by atoms with Gasteiger partial charge in [-0.3, -0.25) is 9.69 Å². The molecule has 3 aliphatic rings. The second-order valence-electron chi connectivity index (χ2n) is 6.45. The van der Waals surface area contributed by atoms with E-state index < -0.39 is 0 Å². The number of nitrogens with zero attached hydrogens (tertiary/aromatic N) is 2. The first-order chi connectivity index (χ1) is 9.78. The van der Waals surface area contributed by atoms with E-state index in [2.05, 4.69) is 23.2 Å². The molecule has 4 heteroatoms. The van der Waals surface area contributed by atoms with Crippen molar-refractivity contribution < 1.29 is 4.79 Å². The molecule has 20 heavy (non-hydrogen) atoms. The van der Waals surface area contributed by atoms with E-state index in [1.54, 1.807) is 0 Å². The number of carbonyl (C=O) groups is 1. The molecule has 112 valence electrons. The van der Waals surface area contributed by atoms with Gasteiger partial charge in [0, 0.05) is 25.3 Å². The molecule has 2 fully saturated rings. The highest BCUT2D eigenvalue weighted by Crippen LogP contribution is 2.27. The molecule has 0 spiro atoms. The number of carbonyl (C=O) groups excluding carboxylic acids is 1. The van der Waals surface area contributed by atoms with Gasteiger partial charge in [0.25, 0.3) is 0 Å². The van der Waals surface area contributed by atoms with Crippen molar-refractivity contribution >= 4 is 5.91 Å². The maximum Gasteiger partial charge on any atom is 0.240 e. The lowest BCUT2D eigenvalue weighted by atomic mass is 10.0. The number of fused-ring (bicyclic) bond motifs is 1. The number of likely N-dealkylation sites (tertiary alicyclic amines) is 1. The zero-order valence-electron chi connectivity index (χ0n) is 12.6. The maximum atomic E-state index is 12.6. The Morgan fingerprint density at radius 3 is 2.70 bits per heavy atom. The van der Waals surface area contributed by atoms with E-state index in [-0.39, 0.29) is 0 Å². The first-order valence-corrected chi connectivity index (χ1v) is 8.20. The smallest absolute Gasteiger partial charge is 0.240 e. The summed E-state index contributed by atoms with van der Waals surface area (Å²) >= 11 is 0. The van der Waals surface area contributed by atoms with E-state index in [0.717, 1.165) is 57.4 Å². The second kappa shape index (κ2) is 6.27. The molecule has 1 amide bonds. The molecule has 2 aliphatic heterocycles. The van der Waals surface area contributed by atoms with Gasteiger partial charge >= 0.3 is 0 Å². The van der Waals surface area contributed by atoms with Gasteiger partial charge in [0.1, 0.15) is 0 Å². The quantitative estimate of drug-likeness (QED) is 0.845. The first kappa shape index (κ1) is 14.1. The van der Waals surface area contributed by atoms with Crippen molar-refractivity contribution in [3.05, 3.63) is 11.8 Å². The molecule has 2 saturated heterocycles. The third-order valence-electron chi connectivity index (χ3n) is 5.05. The Morgan fingerprint density at radius 2 is 2.10 bits per heavy atom. The summed E-state index contributed by atoms with van der Waals surface area (Å²) in [6.45, 7) is 7.98. The molecule has 0 aromatic heterocycles. The van der Waals surface area contributed by atoms with Gasteiger partial charge in [-0.1, -0.05) is 6.08 Å². The Bertz CT molecular complexity index is 381. The van der Waals surface area contributed by atoms with Gasteiger partial charge in [0.05, 0.1) is 6.54 Å².